The topological polar surface area (TPSA) is 53.6 Å². The van der Waals surface area contributed by atoms with Crippen LogP contribution >= 0.6 is 11.6 Å². The zero-order valence-corrected chi connectivity index (χ0v) is 11.7. The molecule has 0 saturated carbocycles. The van der Waals surface area contributed by atoms with Crippen molar-refractivity contribution >= 4 is 17.3 Å². The van der Waals surface area contributed by atoms with Gasteiger partial charge in [0, 0.05) is 24.8 Å². The van der Waals surface area contributed by atoms with Crippen LogP contribution in [0.2, 0.25) is 5.02 Å². The number of aromatic nitrogens is 2. The fraction of sp³-hybridized carbons (Fsp3) is 0.286. The van der Waals surface area contributed by atoms with E-state index in [1.807, 2.05) is 19.3 Å². The van der Waals surface area contributed by atoms with Crippen LogP contribution in [0.4, 0.5) is 5.69 Å². The Morgan fingerprint density at radius 1 is 1.47 bits per heavy atom. The van der Waals surface area contributed by atoms with E-state index in [4.69, 9.17) is 16.9 Å². The minimum absolute atomic E-state index is 0.573. The van der Waals surface area contributed by atoms with Gasteiger partial charge in [0.2, 0.25) is 0 Å². The number of aryl methyl sites for hydroxylation is 2. The molecule has 2 aromatic rings. The van der Waals surface area contributed by atoms with Crippen molar-refractivity contribution in [2.24, 2.45) is 7.05 Å². The zero-order valence-electron chi connectivity index (χ0n) is 10.9. The minimum Gasteiger partial charge on any atom is -0.378 e. The number of hydrogen-bond acceptors (Lipinski definition) is 3. The first-order chi connectivity index (χ1) is 9.13. The van der Waals surface area contributed by atoms with Gasteiger partial charge < -0.3 is 5.32 Å². The molecule has 1 heterocycles. The third-order valence-electron chi connectivity index (χ3n) is 2.89. The summed E-state index contributed by atoms with van der Waals surface area (Å²) in [6.07, 6.45) is 2.83. The molecule has 1 aromatic heterocycles. The van der Waals surface area contributed by atoms with Crippen LogP contribution in [-0.2, 0) is 20.0 Å². The first kappa shape index (κ1) is 13.4. The molecule has 0 bridgehead atoms. The molecule has 0 aliphatic carbocycles. The van der Waals surface area contributed by atoms with Crippen molar-refractivity contribution in [3.63, 3.8) is 0 Å². The van der Waals surface area contributed by atoms with E-state index in [0.29, 0.717) is 17.1 Å². The summed E-state index contributed by atoms with van der Waals surface area (Å²) >= 11 is 6.14. The molecule has 1 N–H and O–H groups in total. The van der Waals surface area contributed by atoms with Crippen molar-refractivity contribution in [2.45, 2.75) is 19.9 Å². The Hall–Kier alpha value is -1.99. The number of benzene rings is 1. The zero-order chi connectivity index (χ0) is 13.8. The average Bonchev–Trinajstić information content (AvgIpc) is 2.77. The van der Waals surface area contributed by atoms with Crippen molar-refractivity contribution in [2.75, 3.05) is 5.32 Å². The molecule has 0 unspecified atom stereocenters. The summed E-state index contributed by atoms with van der Waals surface area (Å²) in [6, 6.07) is 7.40. The molecule has 19 heavy (non-hydrogen) atoms. The number of nitriles is 1. The molecule has 4 nitrogen and oxygen atoms in total. The summed E-state index contributed by atoms with van der Waals surface area (Å²) in [6.45, 7) is 2.69. The predicted octanol–water partition coefficient (Wildman–Crippen LogP) is 3.12. The maximum Gasteiger partial charge on any atom is 0.0992 e. The Morgan fingerprint density at radius 3 is 2.89 bits per heavy atom. The van der Waals surface area contributed by atoms with E-state index < -0.39 is 0 Å². The fourth-order valence-electron chi connectivity index (χ4n) is 1.89. The third kappa shape index (κ3) is 3.07. The molecule has 0 radical (unpaired) electrons. The number of hydrogen-bond donors (Lipinski definition) is 1. The molecule has 5 heteroatoms. The van der Waals surface area contributed by atoms with Gasteiger partial charge in [0.15, 0.2) is 0 Å². The lowest BCUT2D eigenvalue weighted by Crippen LogP contribution is -2.01. The Labute approximate surface area is 117 Å². The third-order valence-corrected chi connectivity index (χ3v) is 3.24. The normalized spacial score (nSPS) is 10.2. The monoisotopic (exact) mass is 274 g/mol. The first-order valence-corrected chi connectivity index (χ1v) is 6.46. The molecule has 0 aliphatic rings. The average molecular weight is 275 g/mol. The van der Waals surface area contributed by atoms with Crippen LogP contribution in [0.1, 0.15) is 23.7 Å². The Kier molecular flexibility index (Phi) is 4.08. The Morgan fingerprint density at radius 2 is 2.26 bits per heavy atom. The quantitative estimate of drug-likeness (QED) is 0.932. The van der Waals surface area contributed by atoms with Gasteiger partial charge >= 0.3 is 0 Å². The molecule has 0 saturated heterocycles. The van der Waals surface area contributed by atoms with E-state index >= 15 is 0 Å². The summed E-state index contributed by atoms with van der Waals surface area (Å²) in [7, 11) is 1.90. The number of nitrogens with one attached hydrogen (secondary N) is 1. The van der Waals surface area contributed by atoms with Gasteiger partial charge in [-0.05, 0) is 24.1 Å². The van der Waals surface area contributed by atoms with Crippen molar-refractivity contribution < 1.29 is 0 Å². The molecule has 98 valence electrons. The van der Waals surface area contributed by atoms with Crippen LogP contribution in [0.15, 0.2) is 24.4 Å². The molecule has 0 aliphatic heterocycles. The van der Waals surface area contributed by atoms with E-state index in [1.165, 1.54) is 0 Å². The molecule has 0 atom stereocenters. The highest BCUT2D eigenvalue weighted by molar-refractivity contribution is 6.31. The van der Waals surface area contributed by atoms with Crippen molar-refractivity contribution in [1.29, 1.82) is 5.26 Å². The maximum atomic E-state index is 8.80. The molecule has 2 rings (SSSR count). The number of rotatable bonds is 4. The highest BCUT2D eigenvalue weighted by Crippen LogP contribution is 2.20. The van der Waals surface area contributed by atoms with Gasteiger partial charge in [-0.15, -0.1) is 0 Å². The highest BCUT2D eigenvalue weighted by Gasteiger charge is 2.07. The standard InChI is InChI=1S/C14H15ClN4/c1-3-13-14(9-19(2)18-13)17-8-11-5-4-10(7-16)6-12(11)15/h4-6,9,17H,3,8H2,1-2H3. The van der Waals surface area contributed by atoms with Crippen LogP contribution in [0.3, 0.4) is 0 Å². The van der Waals surface area contributed by atoms with Crippen LogP contribution in [0, 0.1) is 11.3 Å². The van der Waals surface area contributed by atoms with Gasteiger partial charge in [-0.3, -0.25) is 4.68 Å². The van der Waals surface area contributed by atoms with E-state index in [9.17, 15) is 0 Å². The fourth-order valence-corrected chi connectivity index (χ4v) is 2.14. The second-order valence-electron chi connectivity index (χ2n) is 4.29. The number of halogens is 1. The van der Waals surface area contributed by atoms with E-state index in [0.717, 1.165) is 23.4 Å². The maximum absolute atomic E-state index is 8.80. The lowest BCUT2D eigenvalue weighted by molar-refractivity contribution is 0.746. The van der Waals surface area contributed by atoms with Crippen LogP contribution in [0.5, 0.6) is 0 Å². The summed E-state index contributed by atoms with van der Waals surface area (Å²) < 4.78 is 1.79. The Bertz CT molecular complexity index is 625. The first-order valence-electron chi connectivity index (χ1n) is 6.09. The summed E-state index contributed by atoms with van der Waals surface area (Å²) in [5, 5.41) is 17.1. The van der Waals surface area contributed by atoms with Gasteiger partial charge in [0.05, 0.1) is 23.0 Å². The van der Waals surface area contributed by atoms with Gasteiger partial charge in [-0.25, -0.2) is 0 Å². The number of nitrogens with zero attached hydrogens (tertiary/aromatic N) is 3. The summed E-state index contributed by atoms with van der Waals surface area (Å²) in [4.78, 5) is 0. The molecular weight excluding hydrogens is 260 g/mol. The smallest absolute Gasteiger partial charge is 0.0992 e. The van der Waals surface area contributed by atoms with Crippen LogP contribution in [0.25, 0.3) is 0 Å². The lowest BCUT2D eigenvalue weighted by Gasteiger charge is -2.07. The van der Waals surface area contributed by atoms with Gasteiger partial charge in [-0.1, -0.05) is 24.6 Å². The molecule has 0 amide bonds. The van der Waals surface area contributed by atoms with Crippen molar-refractivity contribution in [3.05, 3.63) is 46.2 Å². The molecule has 0 fully saturated rings. The second-order valence-corrected chi connectivity index (χ2v) is 4.70. The van der Waals surface area contributed by atoms with Crippen molar-refractivity contribution in [1.82, 2.24) is 9.78 Å². The van der Waals surface area contributed by atoms with Gasteiger partial charge in [0.1, 0.15) is 0 Å². The van der Waals surface area contributed by atoms with E-state index in [-0.39, 0.29) is 0 Å². The SMILES string of the molecule is CCc1nn(C)cc1NCc1ccc(C#N)cc1Cl. The largest absolute Gasteiger partial charge is 0.378 e. The van der Waals surface area contributed by atoms with E-state index in [2.05, 4.69) is 23.4 Å². The molecular formula is C14H15ClN4. The van der Waals surface area contributed by atoms with Crippen molar-refractivity contribution in [3.8, 4) is 6.07 Å². The second kappa shape index (κ2) is 5.77. The predicted molar refractivity (Wildman–Crippen MR) is 76.1 cm³/mol. The summed E-state index contributed by atoms with van der Waals surface area (Å²) in [5.41, 5.74) is 3.59. The van der Waals surface area contributed by atoms with Crippen LogP contribution in [-0.4, -0.2) is 9.78 Å². The van der Waals surface area contributed by atoms with Gasteiger partial charge in [-0.2, -0.15) is 10.4 Å². The number of anilines is 1. The Balaban J connectivity index is 2.12. The summed E-state index contributed by atoms with van der Waals surface area (Å²) in [5.74, 6) is 0. The lowest BCUT2D eigenvalue weighted by atomic mass is 10.1. The van der Waals surface area contributed by atoms with E-state index in [1.54, 1.807) is 16.8 Å². The molecule has 0 spiro atoms. The highest BCUT2D eigenvalue weighted by atomic mass is 35.5. The molecule has 1 aromatic carbocycles. The minimum atomic E-state index is 0.573. The van der Waals surface area contributed by atoms with Crippen LogP contribution < -0.4 is 5.32 Å². The van der Waals surface area contributed by atoms with Gasteiger partial charge in [0.25, 0.3) is 0 Å².